The predicted molar refractivity (Wildman–Crippen MR) is 105 cm³/mol. The van der Waals surface area contributed by atoms with Crippen LogP contribution in [0.25, 0.3) is 0 Å². The summed E-state index contributed by atoms with van der Waals surface area (Å²) in [6.07, 6.45) is -0.285. The average Bonchev–Trinajstić information content (AvgIpc) is 2.73. The molecule has 8 nitrogen and oxygen atoms in total. The lowest BCUT2D eigenvalue weighted by molar-refractivity contribution is -0.133. The van der Waals surface area contributed by atoms with Gasteiger partial charge in [-0.25, -0.2) is 4.79 Å². The Bertz CT molecular complexity index is 956. The fourth-order valence-corrected chi connectivity index (χ4v) is 2.43. The summed E-state index contributed by atoms with van der Waals surface area (Å²) in [5, 5.41) is 11.0. The number of carbonyl (C=O) groups excluding carboxylic acids is 3. The third-order valence-corrected chi connectivity index (χ3v) is 3.96. The van der Waals surface area contributed by atoms with E-state index < -0.39 is 31.0 Å². The molecule has 2 aromatic carbocycles. The zero-order valence-electron chi connectivity index (χ0n) is 16.5. The van der Waals surface area contributed by atoms with Crippen molar-refractivity contribution in [1.29, 1.82) is 5.26 Å². The van der Waals surface area contributed by atoms with Crippen molar-refractivity contribution in [2.75, 3.05) is 19.0 Å². The van der Waals surface area contributed by atoms with Gasteiger partial charge >= 0.3 is 12.6 Å². The highest BCUT2D eigenvalue weighted by Gasteiger charge is 2.14. The summed E-state index contributed by atoms with van der Waals surface area (Å²) < 4.78 is 33.6. The molecular weight excluding hydrogens is 412 g/mol. The molecule has 0 atom stereocenters. The van der Waals surface area contributed by atoms with Crippen molar-refractivity contribution in [3.05, 3.63) is 59.7 Å². The van der Waals surface area contributed by atoms with Gasteiger partial charge in [-0.2, -0.15) is 14.0 Å². The minimum Gasteiger partial charge on any atom is -0.452 e. The van der Waals surface area contributed by atoms with Gasteiger partial charge in [-0.1, -0.05) is 12.1 Å². The molecule has 1 N–H and O–H groups in total. The van der Waals surface area contributed by atoms with Crippen LogP contribution in [0.3, 0.4) is 0 Å². The summed E-state index contributed by atoms with van der Waals surface area (Å²) in [5.74, 6) is -1.63. The molecule has 10 heteroatoms. The number of nitriles is 1. The first kappa shape index (κ1) is 23.3. The number of rotatable bonds is 9. The quantitative estimate of drug-likeness (QED) is 0.612. The largest absolute Gasteiger partial charge is 0.452 e. The van der Waals surface area contributed by atoms with Gasteiger partial charge in [0.25, 0.3) is 5.91 Å². The van der Waals surface area contributed by atoms with Crippen molar-refractivity contribution >= 4 is 23.5 Å². The number of nitrogens with zero attached hydrogens (tertiary/aromatic N) is 2. The minimum absolute atomic E-state index is 0.0114. The molecule has 31 heavy (non-hydrogen) atoms. The van der Waals surface area contributed by atoms with Gasteiger partial charge in [0, 0.05) is 19.3 Å². The lowest BCUT2D eigenvalue weighted by Crippen LogP contribution is -2.30. The summed E-state index contributed by atoms with van der Waals surface area (Å²) in [6, 6.07) is 13.3. The Labute approximate surface area is 177 Å². The van der Waals surface area contributed by atoms with E-state index in [9.17, 15) is 23.2 Å². The molecule has 0 bridgehead atoms. The van der Waals surface area contributed by atoms with Gasteiger partial charge < -0.3 is 19.7 Å². The Hall–Kier alpha value is -4.00. The number of anilines is 1. The molecule has 0 radical (unpaired) electrons. The number of nitrogens with one attached hydrogen (secondary N) is 1. The topological polar surface area (TPSA) is 109 Å². The molecule has 2 rings (SSSR count). The van der Waals surface area contributed by atoms with Gasteiger partial charge in [-0.05, 0) is 42.0 Å². The Balaban J connectivity index is 1.82. The second kappa shape index (κ2) is 11.3. The van der Waals surface area contributed by atoms with Gasteiger partial charge in [0.15, 0.2) is 6.61 Å². The fourth-order valence-electron chi connectivity index (χ4n) is 2.43. The fraction of sp³-hybridized carbons (Fsp3) is 0.238. The molecule has 0 saturated carbocycles. The highest BCUT2D eigenvalue weighted by atomic mass is 19.3. The Kier molecular flexibility index (Phi) is 8.45. The van der Waals surface area contributed by atoms with Crippen LogP contribution in [0.4, 0.5) is 14.5 Å². The molecule has 0 unspecified atom stereocenters. The number of carbonyl (C=O) groups is 3. The maximum absolute atomic E-state index is 12.2. The van der Waals surface area contributed by atoms with E-state index >= 15 is 0 Å². The molecule has 0 aliphatic rings. The first-order valence-electron chi connectivity index (χ1n) is 9.00. The van der Waals surface area contributed by atoms with Crippen molar-refractivity contribution in [3.63, 3.8) is 0 Å². The lowest BCUT2D eigenvalue weighted by Gasteiger charge is -2.17. The summed E-state index contributed by atoms with van der Waals surface area (Å²) in [5.41, 5.74) is 1.28. The van der Waals surface area contributed by atoms with E-state index in [1.165, 1.54) is 48.3 Å². The van der Waals surface area contributed by atoms with Crippen LogP contribution in [0.1, 0.15) is 22.3 Å². The monoisotopic (exact) mass is 431 g/mol. The molecule has 2 amide bonds. The van der Waals surface area contributed by atoms with Crippen LogP contribution in [-0.2, 0) is 20.9 Å². The number of amides is 2. The molecule has 0 saturated heterocycles. The Morgan fingerprint density at radius 1 is 1.10 bits per heavy atom. The SMILES string of the molecule is CN(Cc1ccc(OC(F)F)cc1)C(=O)COC(=O)c1ccc(NC(=O)CC#N)cc1. The number of benzene rings is 2. The molecule has 0 fully saturated rings. The van der Waals surface area contributed by atoms with E-state index in [1.807, 2.05) is 0 Å². The molecule has 0 spiro atoms. The molecule has 0 aliphatic carbocycles. The summed E-state index contributed by atoms with van der Waals surface area (Å²) in [7, 11) is 1.51. The number of alkyl halides is 2. The maximum Gasteiger partial charge on any atom is 0.387 e. The predicted octanol–water partition coefficient (Wildman–Crippen LogP) is 2.96. The first-order valence-corrected chi connectivity index (χ1v) is 9.00. The van der Waals surface area contributed by atoms with Crippen LogP contribution in [0.5, 0.6) is 5.75 Å². The number of ether oxygens (including phenoxy) is 2. The normalized spacial score (nSPS) is 10.2. The van der Waals surface area contributed by atoms with Crippen molar-refractivity contribution in [2.45, 2.75) is 19.6 Å². The number of likely N-dealkylation sites (N-methyl/N-ethyl adjacent to an activating group) is 1. The highest BCUT2D eigenvalue weighted by Crippen LogP contribution is 2.16. The molecule has 0 aromatic heterocycles. The standard InChI is InChI=1S/C21H19F2N3O5/c1-26(12-14-2-8-17(9-3-14)31-21(22)23)19(28)13-30-20(29)15-4-6-16(7-5-15)25-18(27)10-11-24/h2-9,21H,10,12-13H2,1H3,(H,25,27). The highest BCUT2D eigenvalue weighted by molar-refractivity contribution is 5.94. The molecule has 0 heterocycles. The maximum atomic E-state index is 12.2. The van der Waals surface area contributed by atoms with Crippen LogP contribution in [0, 0.1) is 11.3 Å². The third kappa shape index (κ3) is 7.74. The summed E-state index contributed by atoms with van der Waals surface area (Å²) in [4.78, 5) is 37.0. The molecule has 162 valence electrons. The van der Waals surface area contributed by atoms with E-state index in [4.69, 9.17) is 10.00 Å². The van der Waals surface area contributed by atoms with Crippen molar-refractivity contribution < 1.29 is 32.6 Å². The van der Waals surface area contributed by atoms with Crippen molar-refractivity contribution in [3.8, 4) is 11.8 Å². The van der Waals surface area contributed by atoms with Gasteiger partial charge in [0.2, 0.25) is 5.91 Å². The van der Waals surface area contributed by atoms with Crippen molar-refractivity contribution in [2.24, 2.45) is 0 Å². The minimum atomic E-state index is -2.91. The summed E-state index contributed by atoms with van der Waals surface area (Å²) >= 11 is 0. The first-order chi connectivity index (χ1) is 14.8. The number of halogens is 2. The van der Waals surface area contributed by atoms with E-state index in [0.29, 0.717) is 11.3 Å². The second-order valence-electron chi connectivity index (χ2n) is 6.31. The van der Waals surface area contributed by atoms with Crippen LogP contribution in [0.15, 0.2) is 48.5 Å². The zero-order valence-corrected chi connectivity index (χ0v) is 16.5. The van der Waals surface area contributed by atoms with Crippen LogP contribution < -0.4 is 10.1 Å². The number of hydrogen-bond acceptors (Lipinski definition) is 6. The van der Waals surface area contributed by atoms with Gasteiger partial charge in [-0.15, -0.1) is 0 Å². The van der Waals surface area contributed by atoms with Crippen LogP contribution in [0.2, 0.25) is 0 Å². The molecule has 0 aliphatic heterocycles. The van der Waals surface area contributed by atoms with Gasteiger partial charge in [-0.3, -0.25) is 9.59 Å². The van der Waals surface area contributed by atoms with E-state index in [-0.39, 0.29) is 24.3 Å². The van der Waals surface area contributed by atoms with Crippen LogP contribution >= 0.6 is 0 Å². The smallest absolute Gasteiger partial charge is 0.387 e. The van der Waals surface area contributed by atoms with E-state index in [0.717, 1.165) is 0 Å². The van der Waals surface area contributed by atoms with Gasteiger partial charge in [0.1, 0.15) is 12.2 Å². The Morgan fingerprint density at radius 3 is 2.32 bits per heavy atom. The summed E-state index contributed by atoms with van der Waals surface area (Å²) in [6.45, 7) is -3.21. The molecular formula is C21H19F2N3O5. The van der Waals surface area contributed by atoms with Gasteiger partial charge in [0.05, 0.1) is 11.6 Å². The van der Waals surface area contributed by atoms with E-state index in [1.54, 1.807) is 18.2 Å². The van der Waals surface area contributed by atoms with E-state index in [2.05, 4.69) is 10.1 Å². The number of esters is 1. The number of hydrogen-bond donors (Lipinski definition) is 1. The lowest BCUT2D eigenvalue weighted by atomic mass is 10.2. The molecule has 2 aromatic rings. The second-order valence-corrected chi connectivity index (χ2v) is 6.31. The average molecular weight is 431 g/mol. The zero-order chi connectivity index (χ0) is 22.8. The van der Waals surface area contributed by atoms with Crippen molar-refractivity contribution in [1.82, 2.24) is 4.90 Å². The van der Waals surface area contributed by atoms with Crippen LogP contribution in [-0.4, -0.2) is 42.9 Å². The third-order valence-electron chi connectivity index (χ3n) is 3.96. The Morgan fingerprint density at radius 2 is 1.74 bits per heavy atom.